The first kappa shape index (κ1) is 26.8. The smallest absolute Gasteiger partial charge is 0.159 e. The van der Waals surface area contributed by atoms with Crippen LogP contribution in [0.4, 0.5) is 17.1 Å². The third kappa shape index (κ3) is 4.13. The fourth-order valence-electron chi connectivity index (χ4n) is 7.55. The van der Waals surface area contributed by atoms with Gasteiger partial charge < -0.3 is 9.32 Å². The van der Waals surface area contributed by atoms with Gasteiger partial charge >= 0.3 is 0 Å². The number of para-hydroxylation sites is 2. The summed E-state index contributed by atoms with van der Waals surface area (Å²) in [5.41, 5.74) is 7.32. The maximum Gasteiger partial charge on any atom is 0.159 e. The lowest BCUT2D eigenvalue weighted by Gasteiger charge is -2.25. The van der Waals surface area contributed by atoms with E-state index in [2.05, 4.69) is 181 Å². The van der Waals surface area contributed by atoms with Gasteiger partial charge in [0.1, 0.15) is 5.58 Å². The molecule has 10 rings (SSSR count). The second-order valence-electron chi connectivity index (χ2n) is 12.5. The number of furan rings is 1. The van der Waals surface area contributed by atoms with Gasteiger partial charge in [0.2, 0.25) is 0 Å². The molecule has 0 unspecified atom stereocenters. The molecular formula is C46H29NO. The van der Waals surface area contributed by atoms with Crippen molar-refractivity contribution in [3.8, 4) is 11.1 Å². The van der Waals surface area contributed by atoms with E-state index in [9.17, 15) is 0 Å². The van der Waals surface area contributed by atoms with Crippen LogP contribution in [0.25, 0.3) is 76.2 Å². The van der Waals surface area contributed by atoms with Crippen LogP contribution < -0.4 is 4.90 Å². The number of anilines is 3. The Balaban J connectivity index is 1.10. The minimum absolute atomic E-state index is 0.881. The minimum atomic E-state index is 0.881. The molecule has 2 nitrogen and oxygen atoms in total. The van der Waals surface area contributed by atoms with Crippen LogP contribution in [-0.2, 0) is 0 Å². The minimum Gasteiger partial charge on any atom is -0.454 e. The first-order valence-corrected chi connectivity index (χ1v) is 16.4. The van der Waals surface area contributed by atoms with Crippen molar-refractivity contribution >= 4 is 82.1 Å². The highest BCUT2D eigenvalue weighted by Gasteiger charge is 2.20. The first-order valence-electron chi connectivity index (χ1n) is 16.4. The molecule has 9 aromatic carbocycles. The van der Waals surface area contributed by atoms with Crippen molar-refractivity contribution < 1.29 is 4.42 Å². The van der Waals surface area contributed by atoms with Crippen LogP contribution in [0, 0.1) is 0 Å². The molecule has 0 amide bonds. The number of fused-ring (bicyclic) bond motifs is 10. The quantitative estimate of drug-likeness (QED) is 0.184. The fourth-order valence-corrected chi connectivity index (χ4v) is 7.55. The van der Waals surface area contributed by atoms with Crippen molar-refractivity contribution in [2.24, 2.45) is 0 Å². The molecule has 0 fully saturated rings. The molecule has 0 spiro atoms. The van der Waals surface area contributed by atoms with E-state index < -0.39 is 0 Å². The fraction of sp³-hybridized carbons (Fsp3) is 0. The van der Waals surface area contributed by atoms with Gasteiger partial charge in [-0.05, 0) is 96.7 Å². The maximum absolute atomic E-state index is 6.67. The van der Waals surface area contributed by atoms with Crippen LogP contribution in [0.3, 0.4) is 0 Å². The SMILES string of the molecule is c1ccc(N(c2ccc(-c3ccc4c(ccc5ccc6ccccc6c54)c3)cc2)c2cccc3c2oc2ccc4ccccc4c23)cc1. The van der Waals surface area contributed by atoms with Gasteiger partial charge in [-0.1, -0.05) is 133 Å². The molecule has 48 heavy (non-hydrogen) atoms. The Morgan fingerprint density at radius 1 is 0.354 bits per heavy atom. The van der Waals surface area contributed by atoms with Gasteiger partial charge in [0.15, 0.2) is 5.58 Å². The van der Waals surface area contributed by atoms with Crippen molar-refractivity contribution in [3.63, 3.8) is 0 Å². The topological polar surface area (TPSA) is 16.4 Å². The Morgan fingerprint density at radius 3 is 1.73 bits per heavy atom. The molecule has 0 aliphatic heterocycles. The number of benzene rings is 9. The summed E-state index contributed by atoms with van der Waals surface area (Å²) in [5.74, 6) is 0. The molecule has 0 atom stereocenters. The van der Waals surface area contributed by atoms with Gasteiger partial charge in [-0.25, -0.2) is 0 Å². The molecule has 1 aromatic heterocycles. The third-order valence-corrected chi connectivity index (χ3v) is 9.81. The molecule has 1 heterocycles. The lowest BCUT2D eigenvalue weighted by molar-refractivity contribution is 0.669. The molecule has 0 saturated carbocycles. The second kappa shape index (κ2) is 10.6. The highest BCUT2D eigenvalue weighted by Crippen LogP contribution is 2.44. The molecule has 0 saturated heterocycles. The predicted molar refractivity (Wildman–Crippen MR) is 204 cm³/mol. The van der Waals surface area contributed by atoms with E-state index in [1.165, 1.54) is 54.2 Å². The molecule has 0 bridgehead atoms. The highest BCUT2D eigenvalue weighted by atomic mass is 16.3. The molecule has 10 aromatic rings. The molecular weight excluding hydrogens is 583 g/mol. The van der Waals surface area contributed by atoms with Gasteiger partial charge in [-0.3, -0.25) is 0 Å². The van der Waals surface area contributed by atoms with Crippen molar-refractivity contribution in [3.05, 3.63) is 176 Å². The first-order chi connectivity index (χ1) is 23.8. The Kier molecular flexibility index (Phi) is 5.91. The van der Waals surface area contributed by atoms with Crippen LogP contribution in [0.1, 0.15) is 0 Å². The van der Waals surface area contributed by atoms with E-state index in [1.54, 1.807) is 0 Å². The molecule has 0 aliphatic rings. The zero-order valence-corrected chi connectivity index (χ0v) is 26.1. The van der Waals surface area contributed by atoms with Crippen molar-refractivity contribution in [2.45, 2.75) is 0 Å². The Bertz CT molecular complexity index is 2830. The monoisotopic (exact) mass is 611 g/mol. The van der Waals surface area contributed by atoms with Crippen LogP contribution in [-0.4, -0.2) is 0 Å². The van der Waals surface area contributed by atoms with Gasteiger partial charge in [-0.2, -0.15) is 0 Å². The van der Waals surface area contributed by atoms with Gasteiger partial charge in [-0.15, -0.1) is 0 Å². The largest absolute Gasteiger partial charge is 0.454 e. The van der Waals surface area contributed by atoms with Crippen LogP contribution >= 0.6 is 0 Å². The highest BCUT2D eigenvalue weighted by molar-refractivity contribution is 6.22. The summed E-state index contributed by atoms with van der Waals surface area (Å²) >= 11 is 0. The molecule has 2 heteroatoms. The van der Waals surface area contributed by atoms with E-state index >= 15 is 0 Å². The van der Waals surface area contributed by atoms with Crippen molar-refractivity contribution in [1.82, 2.24) is 0 Å². The van der Waals surface area contributed by atoms with E-state index in [4.69, 9.17) is 4.42 Å². The average Bonchev–Trinajstić information content (AvgIpc) is 3.55. The van der Waals surface area contributed by atoms with E-state index in [0.29, 0.717) is 0 Å². The standard InChI is InChI=1S/C46H29NO/c1-2-11-36(12-3-1)47(42-16-8-15-41-45-39-14-7-5-10-32(39)24-28-43(45)48-46(41)42)37-25-21-30(22-26-37)34-23-27-40-35(29-34)20-19-33-18-17-31-9-4-6-13-38(31)44(33)40/h1-29H. The van der Waals surface area contributed by atoms with Crippen molar-refractivity contribution in [2.75, 3.05) is 4.90 Å². The molecule has 0 aliphatic carbocycles. The maximum atomic E-state index is 6.67. The van der Waals surface area contributed by atoms with E-state index in [0.717, 1.165) is 39.0 Å². The third-order valence-electron chi connectivity index (χ3n) is 9.81. The second-order valence-corrected chi connectivity index (χ2v) is 12.5. The Labute approximate surface area is 277 Å². The van der Waals surface area contributed by atoms with Crippen LogP contribution in [0.15, 0.2) is 180 Å². The normalized spacial score (nSPS) is 11.8. The van der Waals surface area contributed by atoms with E-state index in [1.807, 2.05) is 0 Å². The van der Waals surface area contributed by atoms with E-state index in [-0.39, 0.29) is 0 Å². The number of hydrogen-bond donors (Lipinski definition) is 0. The summed E-state index contributed by atoms with van der Waals surface area (Å²) in [6.07, 6.45) is 0. The number of hydrogen-bond acceptors (Lipinski definition) is 2. The van der Waals surface area contributed by atoms with Crippen LogP contribution in [0.5, 0.6) is 0 Å². The molecule has 0 radical (unpaired) electrons. The summed E-state index contributed by atoms with van der Waals surface area (Å²) in [5, 5.41) is 12.4. The molecule has 224 valence electrons. The predicted octanol–water partition coefficient (Wildman–Crippen LogP) is 13.3. The van der Waals surface area contributed by atoms with Crippen molar-refractivity contribution in [1.29, 1.82) is 0 Å². The van der Waals surface area contributed by atoms with Gasteiger partial charge in [0.05, 0.1) is 5.69 Å². The van der Waals surface area contributed by atoms with Gasteiger partial charge in [0, 0.05) is 22.1 Å². The lowest BCUT2D eigenvalue weighted by atomic mass is 9.94. The summed E-state index contributed by atoms with van der Waals surface area (Å²) in [6.45, 7) is 0. The van der Waals surface area contributed by atoms with Gasteiger partial charge in [0.25, 0.3) is 0 Å². The summed E-state index contributed by atoms with van der Waals surface area (Å²) in [6, 6.07) is 63.2. The zero-order valence-electron chi connectivity index (χ0n) is 26.1. The Morgan fingerprint density at radius 2 is 0.938 bits per heavy atom. The number of nitrogens with zero attached hydrogens (tertiary/aromatic N) is 1. The summed E-state index contributed by atoms with van der Waals surface area (Å²) < 4.78 is 6.67. The van der Waals surface area contributed by atoms with Crippen LogP contribution in [0.2, 0.25) is 0 Å². The average molecular weight is 612 g/mol. The summed E-state index contributed by atoms with van der Waals surface area (Å²) in [7, 11) is 0. The zero-order chi connectivity index (χ0) is 31.6. The lowest BCUT2D eigenvalue weighted by Crippen LogP contribution is -2.10. The summed E-state index contributed by atoms with van der Waals surface area (Å²) in [4.78, 5) is 2.30. The molecule has 0 N–H and O–H groups in total. The Hall–Kier alpha value is -6.38. The number of rotatable bonds is 4.